The van der Waals surface area contributed by atoms with E-state index in [2.05, 4.69) is 10.4 Å². The van der Waals surface area contributed by atoms with Crippen LogP contribution in [0, 0.1) is 5.82 Å². The Morgan fingerprint density at radius 1 is 1.18 bits per heavy atom. The summed E-state index contributed by atoms with van der Waals surface area (Å²) in [7, 11) is 0. The third-order valence-corrected chi connectivity index (χ3v) is 3.79. The second kappa shape index (κ2) is 7.47. The first-order chi connectivity index (χ1) is 13.1. The molecule has 0 saturated heterocycles. The van der Waals surface area contributed by atoms with Crippen molar-refractivity contribution in [2.24, 2.45) is 0 Å². The highest BCUT2D eigenvalue weighted by atomic mass is 35.5. The van der Waals surface area contributed by atoms with Crippen LogP contribution in [-0.4, -0.2) is 15.7 Å². The minimum atomic E-state index is -4.74. The van der Waals surface area contributed by atoms with Crippen molar-refractivity contribution in [2.75, 3.05) is 5.32 Å². The molecule has 6 nitrogen and oxygen atoms in total. The highest BCUT2D eigenvalue weighted by molar-refractivity contribution is 6.30. The Labute approximate surface area is 159 Å². The summed E-state index contributed by atoms with van der Waals surface area (Å²) in [6.07, 6.45) is -4.74. The molecule has 0 unspecified atom stereocenters. The van der Waals surface area contributed by atoms with E-state index in [9.17, 15) is 27.2 Å². The van der Waals surface area contributed by atoms with Crippen molar-refractivity contribution < 1.29 is 26.8 Å². The molecule has 0 aliphatic heterocycles. The molecule has 1 heterocycles. The standard InChI is InChI=1S/C17H10ClF4N3O3/c18-10-3-6-13(12(7-10)17(20,21)22)23-14(26)8-25-16(27)28-15(24-25)9-1-4-11(19)5-2-9/h1-7H,8H2,(H,23,26). The molecule has 0 atom stereocenters. The van der Waals surface area contributed by atoms with Gasteiger partial charge in [0, 0.05) is 10.6 Å². The molecule has 2 aromatic carbocycles. The average Bonchev–Trinajstić information content (AvgIpc) is 2.96. The lowest BCUT2D eigenvalue weighted by atomic mass is 10.1. The van der Waals surface area contributed by atoms with Gasteiger partial charge >= 0.3 is 11.9 Å². The van der Waals surface area contributed by atoms with E-state index in [0.29, 0.717) is 10.7 Å². The van der Waals surface area contributed by atoms with Gasteiger partial charge < -0.3 is 9.73 Å². The maximum Gasteiger partial charge on any atom is 0.437 e. The molecule has 1 N–H and O–H groups in total. The van der Waals surface area contributed by atoms with Gasteiger partial charge in [0.2, 0.25) is 11.8 Å². The smallest absolute Gasteiger partial charge is 0.388 e. The molecule has 0 aliphatic carbocycles. The summed E-state index contributed by atoms with van der Waals surface area (Å²) >= 11 is 5.58. The Bertz CT molecular complexity index is 1070. The fourth-order valence-electron chi connectivity index (χ4n) is 2.30. The Morgan fingerprint density at radius 3 is 2.50 bits per heavy atom. The van der Waals surface area contributed by atoms with Crippen LogP contribution in [0.5, 0.6) is 0 Å². The van der Waals surface area contributed by atoms with E-state index >= 15 is 0 Å². The van der Waals surface area contributed by atoms with Crippen molar-refractivity contribution in [2.45, 2.75) is 12.7 Å². The molecule has 0 spiro atoms. The van der Waals surface area contributed by atoms with Crippen LogP contribution >= 0.6 is 11.6 Å². The number of amides is 1. The quantitative estimate of drug-likeness (QED) is 0.654. The van der Waals surface area contributed by atoms with Crippen LogP contribution < -0.4 is 11.1 Å². The van der Waals surface area contributed by atoms with Crippen LogP contribution in [0.3, 0.4) is 0 Å². The Kier molecular flexibility index (Phi) is 5.23. The summed E-state index contributed by atoms with van der Waals surface area (Å²) in [6, 6.07) is 7.73. The SMILES string of the molecule is O=C(Cn1nc(-c2ccc(F)cc2)oc1=O)Nc1ccc(Cl)cc1C(F)(F)F. The van der Waals surface area contributed by atoms with E-state index in [1.165, 1.54) is 18.2 Å². The molecule has 0 fully saturated rings. The van der Waals surface area contributed by atoms with E-state index in [-0.39, 0.29) is 16.5 Å². The number of anilines is 1. The summed E-state index contributed by atoms with van der Waals surface area (Å²) in [6.45, 7) is -0.691. The second-order valence-electron chi connectivity index (χ2n) is 5.57. The summed E-state index contributed by atoms with van der Waals surface area (Å²) in [5.41, 5.74) is -1.36. The fraction of sp³-hybridized carbons (Fsp3) is 0.118. The van der Waals surface area contributed by atoms with Crippen LogP contribution in [0.15, 0.2) is 51.7 Å². The molecule has 11 heteroatoms. The van der Waals surface area contributed by atoms with Crippen LogP contribution in [0.4, 0.5) is 23.2 Å². The van der Waals surface area contributed by atoms with Gasteiger partial charge in [0.05, 0.1) is 11.3 Å². The number of carbonyl (C=O) groups excluding carboxylic acids is 1. The van der Waals surface area contributed by atoms with Crippen molar-refractivity contribution in [3.63, 3.8) is 0 Å². The number of nitrogens with one attached hydrogen (secondary N) is 1. The van der Waals surface area contributed by atoms with Crippen molar-refractivity contribution in [3.05, 3.63) is 69.4 Å². The molecule has 1 aromatic heterocycles. The molecular weight excluding hydrogens is 406 g/mol. The Balaban J connectivity index is 1.80. The third kappa shape index (κ3) is 4.39. The number of hydrogen-bond donors (Lipinski definition) is 1. The molecule has 28 heavy (non-hydrogen) atoms. The van der Waals surface area contributed by atoms with Crippen molar-refractivity contribution in [3.8, 4) is 11.5 Å². The van der Waals surface area contributed by atoms with E-state index in [4.69, 9.17) is 16.0 Å². The van der Waals surface area contributed by atoms with E-state index in [1.807, 2.05) is 0 Å². The van der Waals surface area contributed by atoms with Gasteiger partial charge in [0.15, 0.2) is 0 Å². The number of nitrogens with zero attached hydrogens (tertiary/aromatic N) is 2. The van der Waals surface area contributed by atoms with Crippen LogP contribution in [0.1, 0.15) is 5.56 Å². The lowest BCUT2D eigenvalue weighted by Gasteiger charge is -2.13. The molecule has 0 radical (unpaired) electrons. The number of benzene rings is 2. The van der Waals surface area contributed by atoms with Gasteiger partial charge in [-0.2, -0.15) is 17.9 Å². The van der Waals surface area contributed by atoms with Gasteiger partial charge in [-0.3, -0.25) is 4.79 Å². The first kappa shape index (κ1) is 19.6. The average molecular weight is 416 g/mol. The highest BCUT2D eigenvalue weighted by Gasteiger charge is 2.34. The normalized spacial score (nSPS) is 11.5. The van der Waals surface area contributed by atoms with Crippen LogP contribution in [-0.2, 0) is 17.5 Å². The molecule has 3 rings (SSSR count). The highest BCUT2D eigenvalue weighted by Crippen LogP contribution is 2.36. The van der Waals surface area contributed by atoms with Crippen molar-refractivity contribution >= 4 is 23.2 Å². The number of aromatic nitrogens is 2. The number of halogens is 5. The number of carbonyl (C=O) groups is 1. The third-order valence-electron chi connectivity index (χ3n) is 3.55. The first-order valence-corrected chi connectivity index (χ1v) is 8.02. The van der Waals surface area contributed by atoms with Crippen molar-refractivity contribution in [1.82, 2.24) is 9.78 Å². The van der Waals surface area contributed by atoms with E-state index in [1.54, 1.807) is 0 Å². The molecular formula is C17H10ClF4N3O3. The minimum Gasteiger partial charge on any atom is -0.388 e. The van der Waals surface area contributed by atoms with Gasteiger partial charge in [-0.15, -0.1) is 5.10 Å². The van der Waals surface area contributed by atoms with Gasteiger partial charge in [-0.25, -0.2) is 9.18 Å². The van der Waals surface area contributed by atoms with Crippen molar-refractivity contribution in [1.29, 1.82) is 0 Å². The lowest BCUT2D eigenvalue weighted by Crippen LogP contribution is -2.26. The van der Waals surface area contributed by atoms with E-state index in [0.717, 1.165) is 18.2 Å². The monoisotopic (exact) mass is 415 g/mol. The zero-order valence-electron chi connectivity index (χ0n) is 13.8. The summed E-state index contributed by atoms with van der Waals surface area (Å²) < 4.78 is 57.7. The largest absolute Gasteiger partial charge is 0.437 e. The lowest BCUT2D eigenvalue weighted by molar-refractivity contribution is -0.137. The van der Waals surface area contributed by atoms with Gasteiger partial charge in [-0.05, 0) is 42.5 Å². The van der Waals surface area contributed by atoms with Gasteiger partial charge in [0.1, 0.15) is 12.4 Å². The topological polar surface area (TPSA) is 77.1 Å². The second-order valence-corrected chi connectivity index (χ2v) is 6.01. The minimum absolute atomic E-state index is 0.151. The first-order valence-electron chi connectivity index (χ1n) is 7.64. The Hall–Kier alpha value is -3.14. The predicted octanol–water partition coefficient (Wildman–Crippen LogP) is 3.95. The maximum atomic E-state index is 13.1. The fourth-order valence-corrected chi connectivity index (χ4v) is 2.47. The zero-order chi connectivity index (χ0) is 20.5. The summed E-state index contributed by atoms with van der Waals surface area (Å²) in [5, 5.41) is 5.70. The summed E-state index contributed by atoms with van der Waals surface area (Å²) in [4.78, 5) is 23.9. The zero-order valence-corrected chi connectivity index (χ0v) is 14.5. The molecule has 0 aliphatic rings. The molecule has 1 amide bonds. The molecule has 0 saturated carbocycles. The Morgan fingerprint density at radius 2 is 1.86 bits per heavy atom. The van der Waals surface area contributed by atoms with Crippen LogP contribution in [0.25, 0.3) is 11.5 Å². The summed E-state index contributed by atoms with van der Waals surface area (Å²) in [5.74, 6) is -2.61. The van der Waals surface area contributed by atoms with Crippen LogP contribution in [0.2, 0.25) is 5.02 Å². The molecule has 146 valence electrons. The van der Waals surface area contributed by atoms with Gasteiger partial charge in [0.25, 0.3) is 0 Å². The number of hydrogen-bond acceptors (Lipinski definition) is 4. The maximum absolute atomic E-state index is 13.1. The van der Waals surface area contributed by atoms with E-state index < -0.39 is 41.5 Å². The number of rotatable bonds is 4. The molecule has 3 aromatic rings. The molecule has 0 bridgehead atoms. The number of alkyl halides is 3. The predicted molar refractivity (Wildman–Crippen MR) is 91.2 cm³/mol. The van der Waals surface area contributed by atoms with Gasteiger partial charge in [-0.1, -0.05) is 11.6 Å².